The normalized spacial score (nSPS) is 15.7. The highest BCUT2D eigenvalue weighted by Gasteiger charge is 2.25. The van der Waals surface area contributed by atoms with Crippen molar-refractivity contribution in [3.63, 3.8) is 0 Å². The maximum atomic E-state index is 13.9. The standard InChI is InChI=1S/C21H23Cl2FN2O/c22-17-6-4-15(5-7-17)8-11-25-21(27)16-9-12-26(13-10-16)14-18-19(23)2-1-3-20(18)24/h1-7,16H,8-14H2,(H,25,27). The third-order valence-corrected chi connectivity index (χ3v) is 5.63. The zero-order valence-electron chi connectivity index (χ0n) is 15.1. The lowest BCUT2D eigenvalue weighted by Crippen LogP contribution is -2.40. The van der Waals surface area contributed by atoms with Gasteiger partial charge in [0.05, 0.1) is 0 Å². The zero-order chi connectivity index (χ0) is 19.2. The molecule has 1 heterocycles. The number of benzene rings is 2. The number of nitrogens with one attached hydrogen (secondary N) is 1. The predicted molar refractivity (Wildman–Crippen MR) is 108 cm³/mol. The summed E-state index contributed by atoms with van der Waals surface area (Å²) in [6, 6.07) is 12.4. The van der Waals surface area contributed by atoms with Crippen LogP contribution in [-0.4, -0.2) is 30.4 Å². The molecule has 0 radical (unpaired) electrons. The second-order valence-corrected chi connectivity index (χ2v) is 7.76. The van der Waals surface area contributed by atoms with Crippen molar-refractivity contribution in [1.82, 2.24) is 10.2 Å². The molecule has 0 aliphatic carbocycles. The molecule has 2 aromatic carbocycles. The number of rotatable bonds is 6. The van der Waals surface area contributed by atoms with Crippen LogP contribution in [0.25, 0.3) is 0 Å². The summed E-state index contributed by atoms with van der Waals surface area (Å²) < 4.78 is 13.9. The Balaban J connectivity index is 1.42. The largest absolute Gasteiger partial charge is 0.356 e. The average molecular weight is 409 g/mol. The minimum Gasteiger partial charge on any atom is -0.356 e. The van der Waals surface area contributed by atoms with E-state index in [9.17, 15) is 9.18 Å². The fourth-order valence-electron chi connectivity index (χ4n) is 3.39. The van der Waals surface area contributed by atoms with Crippen LogP contribution < -0.4 is 5.32 Å². The van der Waals surface area contributed by atoms with Gasteiger partial charge in [0.2, 0.25) is 5.91 Å². The highest BCUT2D eigenvalue weighted by atomic mass is 35.5. The molecule has 3 nitrogen and oxygen atoms in total. The van der Waals surface area contributed by atoms with Crippen molar-refractivity contribution in [3.8, 4) is 0 Å². The van der Waals surface area contributed by atoms with E-state index in [1.807, 2.05) is 24.3 Å². The molecule has 0 bridgehead atoms. The Morgan fingerprint density at radius 1 is 1.11 bits per heavy atom. The van der Waals surface area contributed by atoms with Crippen LogP contribution in [0.15, 0.2) is 42.5 Å². The van der Waals surface area contributed by atoms with E-state index in [0.717, 1.165) is 37.9 Å². The van der Waals surface area contributed by atoms with Gasteiger partial charge in [-0.15, -0.1) is 0 Å². The summed E-state index contributed by atoms with van der Waals surface area (Å²) in [7, 11) is 0. The molecule has 3 rings (SSSR count). The van der Waals surface area contributed by atoms with Gasteiger partial charge in [-0.3, -0.25) is 9.69 Å². The molecule has 1 saturated heterocycles. The van der Waals surface area contributed by atoms with Crippen LogP contribution >= 0.6 is 23.2 Å². The Labute approximate surface area is 169 Å². The van der Waals surface area contributed by atoms with Crippen molar-refractivity contribution >= 4 is 29.1 Å². The molecule has 144 valence electrons. The number of hydrogen-bond donors (Lipinski definition) is 1. The summed E-state index contributed by atoms with van der Waals surface area (Å²) in [5.41, 5.74) is 1.68. The van der Waals surface area contributed by atoms with Gasteiger partial charge in [0.25, 0.3) is 0 Å². The van der Waals surface area contributed by atoms with Gasteiger partial charge in [-0.05, 0) is 62.2 Å². The summed E-state index contributed by atoms with van der Waals surface area (Å²) in [5.74, 6) is -0.153. The van der Waals surface area contributed by atoms with Gasteiger partial charge in [-0.2, -0.15) is 0 Å². The molecule has 27 heavy (non-hydrogen) atoms. The van der Waals surface area contributed by atoms with E-state index < -0.39 is 0 Å². The summed E-state index contributed by atoms with van der Waals surface area (Å²) in [4.78, 5) is 14.5. The number of piperidine rings is 1. The molecule has 0 spiro atoms. The smallest absolute Gasteiger partial charge is 0.223 e. The molecule has 1 N–H and O–H groups in total. The summed E-state index contributed by atoms with van der Waals surface area (Å²) in [6.45, 7) is 2.63. The molecule has 0 aromatic heterocycles. The second-order valence-electron chi connectivity index (χ2n) is 6.92. The third kappa shape index (κ3) is 5.68. The van der Waals surface area contributed by atoms with Crippen LogP contribution in [0.4, 0.5) is 4.39 Å². The van der Waals surface area contributed by atoms with Crippen LogP contribution in [0.5, 0.6) is 0 Å². The Bertz CT molecular complexity index is 754. The summed E-state index contributed by atoms with van der Waals surface area (Å²) >= 11 is 12.0. The molecular weight excluding hydrogens is 386 g/mol. The molecule has 0 unspecified atom stereocenters. The highest BCUT2D eigenvalue weighted by Crippen LogP contribution is 2.24. The lowest BCUT2D eigenvalue weighted by molar-refractivity contribution is -0.126. The number of carbonyl (C=O) groups excluding carboxylic acids is 1. The first-order valence-electron chi connectivity index (χ1n) is 9.20. The minimum atomic E-state index is -0.274. The number of amides is 1. The molecular formula is C21H23Cl2FN2O. The Kier molecular flexibility index (Phi) is 7.11. The quantitative estimate of drug-likeness (QED) is 0.750. The van der Waals surface area contributed by atoms with Gasteiger partial charge in [0, 0.05) is 34.6 Å². The van der Waals surface area contributed by atoms with Crippen molar-refractivity contribution in [2.45, 2.75) is 25.8 Å². The zero-order valence-corrected chi connectivity index (χ0v) is 16.6. The van der Waals surface area contributed by atoms with Crippen LogP contribution in [0.1, 0.15) is 24.0 Å². The van der Waals surface area contributed by atoms with E-state index in [4.69, 9.17) is 23.2 Å². The lowest BCUT2D eigenvalue weighted by atomic mass is 9.95. The van der Waals surface area contributed by atoms with Crippen LogP contribution in [0, 0.1) is 11.7 Å². The highest BCUT2D eigenvalue weighted by molar-refractivity contribution is 6.31. The molecule has 1 aliphatic heterocycles. The molecule has 2 aromatic rings. The molecule has 1 aliphatic rings. The van der Waals surface area contributed by atoms with Crippen molar-refractivity contribution < 1.29 is 9.18 Å². The van der Waals surface area contributed by atoms with E-state index in [-0.39, 0.29) is 17.6 Å². The monoisotopic (exact) mass is 408 g/mol. The van der Waals surface area contributed by atoms with Crippen molar-refractivity contribution in [2.24, 2.45) is 5.92 Å². The number of nitrogens with zero attached hydrogens (tertiary/aromatic N) is 1. The average Bonchev–Trinajstić information content (AvgIpc) is 2.67. The van der Waals surface area contributed by atoms with Gasteiger partial charge >= 0.3 is 0 Å². The van der Waals surface area contributed by atoms with Gasteiger partial charge in [0.1, 0.15) is 5.82 Å². The topological polar surface area (TPSA) is 32.3 Å². The first kappa shape index (κ1) is 20.1. The predicted octanol–water partition coefficient (Wildman–Crippen LogP) is 4.70. The van der Waals surface area contributed by atoms with Gasteiger partial charge in [-0.25, -0.2) is 4.39 Å². The van der Waals surface area contributed by atoms with Crippen molar-refractivity contribution in [2.75, 3.05) is 19.6 Å². The number of halogens is 3. The molecule has 0 atom stereocenters. The molecule has 1 fully saturated rings. The molecule has 6 heteroatoms. The lowest BCUT2D eigenvalue weighted by Gasteiger charge is -2.31. The van der Waals surface area contributed by atoms with E-state index in [1.165, 1.54) is 6.07 Å². The number of carbonyl (C=O) groups is 1. The fraction of sp³-hybridized carbons (Fsp3) is 0.381. The number of likely N-dealkylation sites (tertiary alicyclic amines) is 1. The SMILES string of the molecule is O=C(NCCc1ccc(Cl)cc1)C1CCN(Cc2c(F)cccc2Cl)CC1. The van der Waals surface area contributed by atoms with Gasteiger partial charge in [0.15, 0.2) is 0 Å². The van der Waals surface area contributed by atoms with Crippen molar-refractivity contribution in [1.29, 1.82) is 0 Å². The maximum Gasteiger partial charge on any atom is 0.223 e. The first-order chi connectivity index (χ1) is 13.0. The molecule has 0 saturated carbocycles. The van der Waals surface area contributed by atoms with E-state index in [1.54, 1.807) is 12.1 Å². The van der Waals surface area contributed by atoms with Crippen molar-refractivity contribution in [3.05, 3.63) is 69.5 Å². The van der Waals surface area contributed by atoms with E-state index >= 15 is 0 Å². The second kappa shape index (κ2) is 9.54. The summed E-state index contributed by atoms with van der Waals surface area (Å²) in [6.07, 6.45) is 2.34. The summed E-state index contributed by atoms with van der Waals surface area (Å²) in [5, 5.41) is 4.20. The maximum absolute atomic E-state index is 13.9. The van der Waals surface area contributed by atoms with Gasteiger partial charge < -0.3 is 5.32 Å². The Hall–Kier alpha value is -1.62. The fourth-order valence-corrected chi connectivity index (χ4v) is 3.73. The van der Waals surface area contributed by atoms with Gasteiger partial charge in [-0.1, -0.05) is 41.4 Å². The van der Waals surface area contributed by atoms with E-state index in [0.29, 0.717) is 28.7 Å². The number of hydrogen-bond acceptors (Lipinski definition) is 2. The third-order valence-electron chi connectivity index (χ3n) is 5.03. The Morgan fingerprint density at radius 3 is 2.48 bits per heavy atom. The Morgan fingerprint density at radius 2 is 1.81 bits per heavy atom. The first-order valence-corrected chi connectivity index (χ1v) is 9.96. The van der Waals surface area contributed by atoms with Crippen LogP contribution in [0.3, 0.4) is 0 Å². The minimum absolute atomic E-state index is 0.0163. The molecule has 1 amide bonds. The van der Waals surface area contributed by atoms with Crippen LogP contribution in [0.2, 0.25) is 10.0 Å². The van der Waals surface area contributed by atoms with E-state index in [2.05, 4.69) is 10.2 Å². The van der Waals surface area contributed by atoms with Crippen LogP contribution in [-0.2, 0) is 17.8 Å².